The van der Waals surface area contributed by atoms with E-state index in [1.54, 1.807) is 6.07 Å². The van der Waals surface area contributed by atoms with Gasteiger partial charge >= 0.3 is 5.97 Å². The van der Waals surface area contributed by atoms with Crippen LogP contribution in [0.4, 0.5) is 17.2 Å². The summed E-state index contributed by atoms with van der Waals surface area (Å²) in [7, 11) is 1.33. The van der Waals surface area contributed by atoms with E-state index in [0.717, 1.165) is 18.5 Å². The van der Waals surface area contributed by atoms with Gasteiger partial charge in [0.25, 0.3) is 0 Å². The highest BCUT2D eigenvalue weighted by Gasteiger charge is 2.14. The summed E-state index contributed by atoms with van der Waals surface area (Å²) in [6, 6.07) is 9.52. The van der Waals surface area contributed by atoms with Crippen molar-refractivity contribution in [3.8, 4) is 0 Å². The molecule has 5 heteroatoms. The number of rotatable bonds is 5. The van der Waals surface area contributed by atoms with E-state index in [4.69, 9.17) is 10.5 Å². The minimum absolute atomic E-state index is 0.288. The molecule has 0 amide bonds. The fraction of sp³-hybridized carbons (Fsp3) is 0.250. The van der Waals surface area contributed by atoms with Gasteiger partial charge in [-0.1, -0.05) is 31.5 Å². The fourth-order valence-corrected chi connectivity index (χ4v) is 2.12. The van der Waals surface area contributed by atoms with Gasteiger partial charge in [0.05, 0.1) is 18.4 Å². The lowest BCUT2D eigenvalue weighted by molar-refractivity contribution is 0.0602. The van der Waals surface area contributed by atoms with Crippen molar-refractivity contribution in [1.29, 1.82) is 0 Å². The number of esters is 1. The minimum atomic E-state index is -0.472. The summed E-state index contributed by atoms with van der Waals surface area (Å²) in [5.74, 6) is -0.0127. The number of hydrogen-bond acceptors (Lipinski definition) is 5. The van der Waals surface area contributed by atoms with Crippen LogP contribution in [0, 0.1) is 0 Å². The molecule has 0 aliphatic carbocycles. The Morgan fingerprint density at radius 1 is 1.33 bits per heavy atom. The van der Waals surface area contributed by atoms with Gasteiger partial charge in [0.15, 0.2) is 5.82 Å². The molecule has 0 unspecified atom stereocenters. The van der Waals surface area contributed by atoms with Crippen LogP contribution in [0.1, 0.15) is 29.3 Å². The van der Waals surface area contributed by atoms with E-state index < -0.39 is 5.97 Å². The Bertz CT molecular complexity index is 641. The van der Waals surface area contributed by atoms with Crippen molar-refractivity contribution in [3.63, 3.8) is 0 Å². The molecule has 0 atom stereocenters. The molecule has 21 heavy (non-hydrogen) atoms. The summed E-state index contributed by atoms with van der Waals surface area (Å²) in [5, 5.41) is 3.20. The van der Waals surface area contributed by atoms with Crippen LogP contribution in [0.15, 0.2) is 36.5 Å². The van der Waals surface area contributed by atoms with Gasteiger partial charge in [0, 0.05) is 11.9 Å². The van der Waals surface area contributed by atoms with Crippen LogP contribution in [-0.4, -0.2) is 18.1 Å². The molecule has 0 saturated heterocycles. The zero-order valence-corrected chi connectivity index (χ0v) is 12.2. The molecule has 1 heterocycles. The zero-order chi connectivity index (χ0) is 15.2. The standard InChI is InChI=1S/C16H19N3O2/c1-3-6-11-7-4-5-8-13(11)19-15-14(17)12(9-10-18-15)16(20)21-2/h4-5,7-10H,3,6,17H2,1-2H3,(H,18,19). The predicted octanol–water partition coefficient (Wildman–Crippen LogP) is 3.15. The summed E-state index contributed by atoms with van der Waals surface area (Å²) in [4.78, 5) is 15.9. The van der Waals surface area contributed by atoms with Crippen molar-refractivity contribution in [1.82, 2.24) is 4.98 Å². The lowest BCUT2D eigenvalue weighted by atomic mass is 10.1. The van der Waals surface area contributed by atoms with Gasteiger partial charge in [-0.15, -0.1) is 0 Å². The van der Waals surface area contributed by atoms with Crippen LogP contribution >= 0.6 is 0 Å². The number of carbonyl (C=O) groups is 1. The maximum Gasteiger partial charge on any atom is 0.340 e. The van der Waals surface area contributed by atoms with E-state index in [0.29, 0.717) is 11.4 Å². The first kappa shape index (κ1) is 14.8. The number of hydrogen-bond donors (Lipinski definition) is 2. The van der Waals surface area contributed by atoms with Crippen molar-refractivity contribution in [2.75, 3.05) is 18.2 Å². The fourth-order valence-electron chi connectivity index (χ4n) is 2.12. The third-order valence-corrected chi connectivity index (χ3v) is 3.19. The number of nitrogens with one attached hydrogen (secondary N) is 1. The molecule has 1 aromatic carbocycles. The van der Waals surface area contributed by atoms with E-state index in [-0.39, 0.29) is 5.69 Å². The summed E-state index contributed by atoms with van der Waals surface area (Å²) in [6.45, 7) is 2.13. The summed E-state index contributed by atoms with van der Waals surface area (Å²) in [5.41, 5.74) is 8.73. The number of anilines is 3. The molecule has 2 aromatic rings. The Morgan fingerprint density at radius 3 is 2.81 bits per heavy atom. The Labute approximate surface area is 124 Å². The molecule has 0 aliphatic rings. The average Bonchev–Trinajstić information content (AvgIpc) is 2.51. The Kier molecular flexibility index (Phi) is 4.77. The number of nitrogen functional groups attached to an aromatic ring is 1. The number of carbonyl (C=O) groups excluding carboxylic acids is 1. The minimum Gasteiger partial charge on any atom is -0.465 e. The smallest absolute Gasteiger partial charge is 0.340 e. The molecular weight excluding hydrogens is 266 g/mol. The molecule has 0 aliphatic heterocycles. The normalized spacial score (nSPS) is 10.2. The Hall–Kier alpha value is -2.56. The molecule has 5 nitrogen and oxygen atoms in total. The van der Waals surface area contributed by atoms with Gasteiger partial charge in [-0.25, -0.2) is 9.78 Å². The average molecular weight is 285 g/mol. The second-order valence-corrected chi connectivity index (χ2v) is 4.64. The van der Waals surface area contributed by atoms with Gasteiger partial charge in [-0.05, 0) is 24.1 Å². The molecule has 2 rings (SSSR count). The number of nitrogens with zero attached hydrogens (tertiary/aromatic N) is 1. The number of para-hydroxylation sites is 1. The SMILES string of the molecule is CCCc1ccccc1Nc1nccc(C(=O)OC)c1N. The van der Waals surface area contributed by atoms with Gasteiger partial charge in [0.1, 0.15) is 0 Å². The number of benzene rings is 1. The number of methoxy groups -OCH3 is 1. The van der Waals surface area contributed by atoms with Crippen LogP contribution < -0.4 is 11.1 Å². The van der Waals surface area contributed by atoms with Crippen LogP contribution in [0.5, 0.6) is 0 Å². The van der Waals surface area contributed by atoms with Crippen molar-refractivity contribution in [2.24, 2.45) is 0 Å². The maximum absolute atomic E-state index is 11.7. The highest BCUT2D eigenvalue weighted by molar-refractivity contribution is 5.97. The van der Waals surface area contributed by atoms with Crippen molar-refractivity contribution >= 4 is 23.2 Å². The van der Waals surface area contributed by atoms with Gasteiger partial charge in [-0.3, -0.25) is 0 Å². The quantitative estimate of drug-likeness (QED) is 0.825. The van der Waals surface area contributed by atoms with Crippen molar-refractivity contribution in [2.45, 2.75) is 19.8 Å². The monoisotopic (exact) mass is 285 g/mol. The van der Waals surface area contributed by atoms with Gasteiger partial charge in [0.2, 0.25) is 0 Å². The molecule has 1 aromatic heterocycles. The maximum atomic E-state index is 11.7. The van der Waals surface area contributed by atoms with Crippen LogP contribution in [-0.2, 0) is 11.2 Å². The van der Waals surface area contributed by atoms with Crippen molar-refractivity contribution in [3.05, 3.63) is 47.7 Å². The molecular formula is C16H19N3O2. The molecule has 110 valence electrons. The molecule has 3 N–H and O–H groups in total. The first-order valence-electron chi connectivity index (χ1n) is 6.85. The summed E-state index contributed by atoms with van der Waals surface area (Å²) in [6.07, 6.45) is 3.54. The molecule has 0 bridgehead atoms. The number of ether oxygens (including phenoxy) is 1. The Morgan fingerprint density at radius 2 is 2.10 bits per heavy atom. The van der Waals surface area contributed by atoms with Gasteiger partial charge in [-0.2, -0.15) is 0 Å². The largest absolute Gasteiger partial charge is 0.465 e. The lowest BCUT2D eigenvalue weighted by Crippen LogP contribution is -2.09. The van der Waals surface area contributed by atoms with Crippen LogP contribution in [0.25, 0.3) is 0 Å². The van der Waals surface area contributed by atoms with E-state index in [1.807, 2.05) is 18.2 Å². The third kappa shape index (κ3) is 3.31. The topological polar surface area (TPSA) is 77.2 Å². The second kappa shape index (κ2) is 6.74. The number of aromatic nitrogens is 1. The first-order valence-corrected chi connectivity index (χ1v) is 6.85. The van der Waals surface area contributed by atoms with Crippen molar-refractivity contribution < 1.29 is 9.53 Å². The predicted molar refractivity (Wildman–Crippen MR) is 83.7 cm³/mol. The number of nitrogens with two attached hydrogens (primary N) is 1. The Balaban J connectivity index is 2.34. The first-order chi connectivity index (χ1) is 10.2. The van der Waals surface area contributed by atoms with E-state index in [2.05, 4.69) is 23.3 Å². The highest BCUT2D eigenvalue weighted by Crippen LogP contribution is 2.26. The molecule has 0 fully saturated rings. The summed E-state index contributed by atoms with van der Waals surface area (Å²) >= 11 is 0. The second-order valence-electron chi connectivity index (χ2n) is 4.64. The van der Waals surface area contributed by atoms with E-state index in [9.17, 15) is 4.79 Å². The van der Waals surface area contributed by atoms with Crippen LogP contribution in [0.2, 0.25) is 0 Å². The third-order valence-electron chi connectivity index (χ3n) is 3.19. The molecule has 0 saturated carbocycles. The molecule has 0 radical (unpaired) electrons. The highest BCUT2D eigenvalue weighted by atomic mass is 16.5. The lowest BCUT2D eigenvalue weighted by Gasteiger charge is -2.13. The van der Waals surface area contributed by atoms with Crippen LogP contribution in [0.3, 0.4) is 0 Å². The summed E-state index contributed by atoms with van der Waals surface area (Å²) < 4.78 is 4.71. The number of pyridine rings is 1. The number of aryl methyl sites for hydroxylation is 1. The van der Waals surface area contributed by atoms with E-state index >= 15 is 0 Å². The zero-order valence-electron chi connectivity index (χ0n) is 12.2. The molecule has 0 spiro atoms. The van der Waals surface area contributed by atoms with Gasteiger partial charge < -0.3 is 15.8 Å². The van der Waals surface area contributed by atoms with E-state index in [1.165, 1.54) is 18.9 Å².